The quantitative estimate of drug-likeness (QED) is 0.740. The van der Waals surface area contributed by atoms with Crippen LogP contribution in [0.3, 0.4) is 0 Å². The van der Waals surface area contributed by atoms with Gasteiger partial charge in [0, 0.05) is 0 Å². The molecule has 0 aromatic heterocycles. The molecule has 0 fully saturated rings. The molecule has 1 heteroatoms. The van der Waals surface area contributed by atoms with Crippen LogP contribution in [0, 0.1) is 0 Å². The van der Waals surface area contributed by atoms with Gasteiger partial charge in [0.1, 0.15) is 0 Å². The summed E-state index contributed by atoms with van der Waals surface area (Å²) in [6.07, 6.45) is 1.01. The molecule has 20 heavy (non-hydrogen) atoms. The Kier molecular flexibility index (Phi) is 3.53. The summed E-state index contributed by atoms with van der Waals surface area (Å²) in [6.45, 7) is 2.17. The average molecular weight is 261 g/mol. The summed E-state index contributed by atoms with van der Waals surface area (Å²) < 4.78 is 0. The van der Waals surface area contributed by atoms with Crippen molar-refractivity contribution in [2.24, 2.45) is 5.73 Å². The van der Waals surface area contributed by atoms with Crippen molar-refractivity contribution in [1.82, 2.24) is 0 Å². The molecule has 3 aromatic carbocycles. The van der Waals surface area contributed by atoms with Crippen LogP contribution in [0.15, 0.2) is 66.7 Å². The predicted molar refractivity (Wildman–Crippen MR) is 85.8 cm³/mol. The van der Waals surface area contributed by atoms with Crippen molar-refractivity contribution < 1.29 is 0 Å². The Morgan fingerprint density at radius 3 is 2.35 bits per heavy atom. The molecule has 0 saturated carbocycles. The highest BCUT2D eigenvalue weighted by atomic mass is 14.6. The van der Waals surface area contributed by atoms with Gasteiger partial charge in [-0.15, -0.1) is 0 Å². The Bertz CT molecular complexity index is 730. The van der Waals surface area contributed by atoms with E-state index in [1.807, 2.05) is 0 Å². The molecule has 2 N–H and O–H groups in total. The predicted octanol–water partition coefficient (Wildman–Crippen LogP) is 4.45. The lowest BCUT2D eigenvalue weighted by atomic mass is 9.93. The van der Waals surface area contributed by atoms with E-state index in [4.69, 9.17) is 5.73 Å². The zero-order valence-corrected chi connectivity index (χ0v) is 11.7. The molecule has 0 aliphatic rings. The van der Waals surface area contributed by atoms with E-state index in [-0.39, 0.29) is 6.04 Å². The van der Waals surface area contributed by atoms with E-state index in [2.05, 4.69) is 73.7 Å². The summed E-state index contributed by atoms with van der Waals surface area (Å²) in [4.78, 5) is 0. The van der Waals surface area contributed by atoms with Crippen LogP contribution in [0.2, 0.25) is 0 Å². The lowest BCUT2D eigenvalue weighted by Crippen LogP contribution is -2.13. The maximum atomic E-state index is 6.48. The molecule has 0 radical (unpaired) electrons. The summed E-state index contributed by atoms with van der Waals surface area (Å²) >= 11 is 0. The number of aryl methyl sites for hydroxylation is 1. The van der Waals surface area contributed by atoms with E-state index >= 15 is 0 Å². The minimum Gasteiger partial charge on any atom is -0.320 e. The third-order valence-corrected chi connectivity index (χ3v) is 3.90. The third-order valence-electron chi connectivity index (χ3n) is 3.90. The molecule has 1 nitrogen and oxygen atoms in total. The normalized spacial score (nSPS) is 12.5. The SMILES string of the molecule is CCc1ccccc1C(N)c1ccc2ccccc2c1. The Balaban J connectivity index is 2.05. The molecule has 1 unspecified atom stereocenters. The highest BCUT2D eigenvalue weighted by Gasteiger charge is 2.12. The molecule has 0 spiro atoms. The van der Waals surface area contributed by atoms with E-state index in [9.17, 15) is 0 Å². The van der Waals surface area contributed by atoms with Gasteiger partial charge in [-0.05, 0) is 39.9 Å². The molecule has 0 aliphatic heterocycles. The fourth-order valence-corrected chi connectivity index (χ4v) is 2.74. The topological polar surface area (TPSA) is 26.0 Å². The first-order valence-corrected chi connectivity index (χ1v) is 7.11. The van der Waals surface area contributed by atoms with E-state index in [0.29, 0.717) is 0 Å². The Hall–Kier alpha value is -2.12. The molecule has 0 bridgehead atoms. The van der Waals surface area contributed by atoms with Crippen molar-refractivity contribution in [3.63, 3.8) is 0 Å². The highest BCUT2D eigenvalue weighted by molar-refractivity contribution is 5.83. The lowest BCUT2D eigenvalue weighted by molar-refractivity contribution is 0.851. The zero-order chi connectivity index (χ0) is 13.9. The Labute approximate surface area is 120 Å². The third kappa shape index (κ3) is 2.33. The van der Waals surface area contributed by atoms with E-state index in [1.165, 1.54) is 27.5 Å². The zero-order valence-electron chi connectivity index (χ0n) is 11.7. The van der Waals surface area contributed by atoms with Gasteiger partial charge in [-0.2, -0.15) is 0 Å². The van der Waals surface area contributed by atoms with Crippen molar-refractivity contribution in [2.75, 3.05) is 0 Å². The summed E-state index contributed by atoms with van der Waals surface area (Å²) in [7, 11) is 0. The van der Waals surface area contributed by atoms with Crippen molar-refractivity contribution in [3.05, 3.63) is 83.4 Å². The number of benzene rings is 3. The average Bonchev–Trinajstić information content (AvgIpc) is 2.53. The maximum Gasteiger partial charge on any atom is 0.0554 e. The van der Waals surface area contributed by atoms with Gasteiger partial charge < -0.3 is 5.73 Å². The molecule has 0 saturated heterocycles. The van der Waals surface area contributed by atoms with Crippen LogP contribution in [0.1, 0.15) is 29.7 Å². The van der Waals surface area contributed by atoms with Gasteiger partial charge >= 0.3 is 0 Å². The molecule has 100 valence electrons. The standard InChI is InChI=1S/C19H19N/c1-2-14-7-5-6-10-18(14)19(20)17-12-11-15-8-3-4-9-16(15)13-17/h3-13,19H,2,20H2,1H3. The molecule has 0 heterocycles. The number of fused-ring (bicyclic) bond motifs is 1. The first kappa shape index (κ1) is 12.9. The van der Waals surface area contributed by atoms with E-state index in [0.717, 1.165) is 6.42 Å². The number of nitrogens with two attached hydrogens (primary N) is 1. The highest BCUT2D eigenvalue weighted by Crippen LogP contribution is 2.26. The number of hydrogen-bond donors (Lipinski definition) is 1. The van der Waals surface area contributed by atoms with Gasteiger partial charge in [0.15, 0.2) is 0 Å². The summed E-state index contributed by atoms with van der Waals surface area (Å²) in [5.41, 5.74) is 10.2. The first-order valence-electron chi connectivity index (χ1n) is 7.11. The Morgan fingerprint density at radius 1 is 0.850 bits per heavy atom. The van der Waals surface area contributed by atoms with Gasteiger partial charge in [0.05, 0.1) is 6.04 Å². The van der Waals surface area contributed by atoms with Crippen LogP contribution in [0.25, 0.3) is 10.8 Å². The van der Waals surface area contributed by atoms with Crippen molar-refractivity contribution in [2.45, 2.75) is 19.4 Å². The van der Waals surface area contributed by atoms with Gasteiger partial charge in [0.2, 0.25) is 0 Å². The fourth-order valence-electron chi connectivity index (χ4n) is 2.74. The minimum atomic E-state index is -0.0595. The molecule has 0 aliphatic carbocycles. The number of rotatable bonds is 3. The largest absolute Gasteiger partial charge is 0.320 e. The summed E-state index contributed by atoms with van der Waals surface area (Å²) in [6, 6.07) is 23.3. The number of hydrogen-bond acceptors (Lipinski definition) is 1. The van der Waals surface area contributed by atoms with E-state index in [1.54, 1.807) is 0 Å². The van der Waals surface area contributed by atoms with Crippen molar-refractivity contribution >= 4 is 10.8 Å². The molecular formula is C19H19N. The molecule has 3 aromatic rings. The summed E-state index contributed by atoms with van der Waals surface area (Å²) in [5, 5.41) is 2.50. The smallest absolute Gasteiger partial charge is 0.0554 e. The van der Waals surface area contributed by atoms with Crippen LogP contribution >= 0.6 is 0 Å². The van der Waals surface area contributed by atoms with Crippen LogP contribution in [0.5, 0.6) is 0 Å². The second kappa shape index (κ2) is 5.48. The van der Waals surface area contributed by atoms with Gasteiger partial charge in [-0.3, -0.25) is 0 Å². The van der Waals surface area contributed by atoms with Crippen molar-refractivity contribution in [1.29, 1.82) is 0 Å². The van der Waals surface area contributed by atoms with Gasteiger partial charge in [-0.25, -0.2) is 0 Å². The van der Waals surface area contributed by atoms with Crippen LogP contribution in [0.4, 0.5) is 0 Å². The second-order valence-corrected chi connectivity index (χ2v) is 5.14. The van der Waals surface area contributed by atoms with Crippen molar-refractivity contribution in [3.8, 4) is 0 Å². The molecular weight excluding hydrogens is 242 g/mol. The summed E-state index contributed by atoms with van der Waals surface area (Å²) in [5.74, 6) is 0. The van der Waals surface area contributed by atoms with Crippen LogP contribution < -0.4 is 5.73 Å². The molecule has 3 rings (SSSR count). The van der Waals surface area contributed by atoms with Gasteiger partial charge in [-0.1, -0.05) is 67.6 Å². The minimum absolute atomic E-state index is 0.0595. The van der Waals surface area contributed by atoms with E-state index < -0.39 is 0 Å². The monoisotopic (exact) mass is 261 g/mol. The van der Waals surface area contributed by atoms with Crippen LogP contribution in [-0.2, 0) is 6.42 Å². The lowest BCUT2D eigenvalue weighted by Gasteiger charge is -2.17. The molecule has 0 amide bonds. The molecule has 1 atom stereocenters. The Morgan fingerprint density at radius 2 is 1.55 bits per heavy atom. The maximum absolute atomic E-state index is 6.48. The van der Waals surface area contributed by atoms with Gasteiger partial charge in [0.25, 0.3) is 0 Å². The fraction of sp³-hybridized carbons (Fsp3) is 0.158. The second-order valence-electron chi connectivity index (χ2n) is 5.14. The first-order chi connectivity index (χ1) is 9.79. The van der Waals surface area contributed by atoms with Crippen LogP contribution in [-0.4, -0.2) is 0 Å².